The van der Waals surface area contributed by atoms with Crippen LogP contribution in [-0.2, 0) is 0 Å². The van der Waals surface area contributed by atoms with E-state index in [9.17, 15) is 4.79 Å². The number of nitrogens with zero attached hydrogens (tertiary/aromatic N) is 3. The first-order valence-corrected chi connectivity index (χ1v) is 8.85. The summed E-state index contributed by atoms with van der Waals surface area (Å²) in [5.41, 5.74) is 2.75. The molecule has 124 valence electrons. The van der Waals surface area contributed by atoms with E-state index < -0.39 is 0 Å². The molecule has 6 heteroatoms. The number of aromatic nitrogens is 3. The zero-order valence-corrected chi connectivity index (χ0v) is 14.4. The Morgan fingerprint density at radius 1 is 1.08 bits per heavy atom. The number of rotatable bonds is 4. The first-order chi connectivity index (χ1) is 12.2. The number of fused-ring (bicyclic) bond motifs is 1. The Hall–Kier alpha value is -2.99. The Labute approximate surface area is 149 Å². The standard InChI is InChI=1S/C19H16N4OS/c1-13(18-22-21-16-9-5-6-11-23(16)18)20-19(24)17-15(10-12-25-17)14-7-3-2-4-8-14/h2-13H,1H3,(H,20,24)/t13-/m1/s1. The molecule has 0 saturated heterocycles. The molecule has 3 heterocycles. The smallest absolute Gasteiger partial charge is 0.262 e. The van der Waals surface area contributed by atoms with Crippen LogP contribution in [0.15, 0.2) is 66.2 Å². The van der Waals surface area contributed by atoms with Gasteiger partial charge >= 0.3 is 0 Å². The minimum Gasteiger partial charge on any atom is -0.342 e. The normalized spacial score (nSPS) is 12.2. The molecular weight excluding hydrogens is 332 g/mol. The molecule has 0 radical (unpaired) electrons. The number of carbonyl (C=O) groups excluding carboxylic acids is 1. The zero-order valence-electron chi connectivity index (χ0n) is 13.6. The highest BCUT2D eigenvalue weighted by atomic mass is 32.1. The van der Waals surface area contributed by atoms with Crippen molar-refractivity contribution in [3.8, 4) is 11.1 Å². The maximum Gasteiger partial charge on any atom is 0.262 e. The highest BCUT2D eigenvalue weighted by Gasteiger charge is 2.20. The number of pyridine rings is 1. The lowest BCUT2D eigenvalue weighted by atomic mass is 10.1. The van der Waals surface area contributed by atoms with Gasteiger partial charge in [0.2, 0.25) is 0 Å². The van der Waals surface area contributed by atoms with Crippen molar-refractivity contribution in [2.24, 2.45) is 0 Å². The Morgan fingerprint density at radius 2 is 1.88 bits per heavy atom. The van der Waals surface area contributed by atoms with Crippen LogP contribution in [0.3, 0.4) is 0 Å². The van der Waals surface area contributed by atoms with Gasteiger partial charge in [0.25, 0.3) is 5.91 Å². The topological polar surface area (TPSA) is 59.3 Å². The van der Waals surface area contributed by atoms with Gasteiger partial charge in [-0.3, -0.25) is 9.20 Å². The van der Waals surface area contributed by atoms with Gasteiger partial charge in [-0.15, -0.1) is 21.5 Å². The van der Waals surface area contributed by atoms with Crippen LogP contribution >= 0.6 is 11.3 Å². The highest BCUT2D eigenvalue weighted by molar-refractivity contribution is 7.12. The lowest BCUT2D eigenvalue weighted by Gasteiger charge is -2.12. The molecule has 1 aromatic carbocycles. The Kier molecular flexibility index (Phi) is 4.03. The van der Waals surface area contributed by atoms with Crippen molar-refractivity contribution in [3.63, 3.8) is 0 Å². The van der Waals surface area contributed by atoms with E-state index in [-0.39, 0.29) is 11.9 Å². The molecule has 4 rings (SSSR count). The molecule has 0 spiro atoms. The van der Waals surface area contributed by atoms with E-state index in [0.29, 0.717) is 10.7 Å². The molecule has 3 aromatic heterocycles. The second-order valence-corrected chi connectivity index (χ2v) is 6.63. The van der Waals surface area contributed by atoms with Crippen LogP contribution in [0, 0.1) is 0 Å². The number of carbonyl (C=O) groups is 1. The number of benzene rings is 1. The fourth-order valence-electron chi connectivity index (χ4n) is 2.81. The number of nitrogens with one attached hydrogen (secondary N) is 1. The third kappa shape index (κ3) is 2.92. The summed E-state index contributed by atoms with van der Waals surface area (Å²) in [4.78, 5) is 13.5. The monoisotopic (exact) mass is 348 g/mol. The number of amides is 1. The summed E-state index contributed by atoms with van der Waals surface area (Å²) in [6.45, 7) is 1.91. The van der Waals surface area contributed by atoms with E-state index >= 15 is 0 Å². The van der Waals surface area contributed by atoms with Gasteiger partial charge < -0.3 is 5.32 Å². The van der Waals surface area contributed by atoms with Crippen LogP contribution in [-0.4, -0.2) is 20.5 Å². The summed E-state index contributed by atoms with van der Waals surface area (Å²) in [5, 5.41) is 13.3. The first-order valence-electron chi connectivity index (χ1n) is 7.97. The van der Waals surface area contributed by atoms with Crippen molar-refractivity contribution in [2.75, 3.05) is 0 Å². The molecule has 0 aliphatic carbocycles. The van der Waals surface area contributed by atoms with E-state index in [1.165, 1.54) is 11.3 Å². The van der Waals surface area contributed by atoms with Crippen molar-refractivity contribution in [2.45, 2.75) is 13.0 Å². The molecule has 4 aromatic rings. The van der Waals surface area contributed by atoms with E-state index in [0.717, 1.165) is 16.8 Å². The average Bonchev–Trinajstić information content (AvgIpc) is 3.29. The van der Waals surface area contributed by atoms with Crippen LogP contribution < -0.4 is 5.32 Å². The SMILES string of the molecule is C[C@@H](NC(=O)c1sccc1-c1ccccc1)c1nnc2ccccn12. The molecule has 0 unspecified atom stereocenters. The summed E-state index contributed by atoms with van der Waals surface area (Å²) >= 11 is 1.44. The fraction of sp³-hybridized carbons (Fsp3) is 0.105. The molecule has 1 amide bonds. The number of hydrogen-bond donors (Lipinski definition) is 1. The minimum absolute atomic E-state index is 0.103. The van der Waals surface area contributed by atoms with Crippen LogP contribution in [0.5, 0.6) is 0 Å². The molecule has 0 fully saturated rings. The predicted molar refractivity (Wildman–Crippen MR) is 98.6 cm³/mol. The van der Waals surface area contributed by atoms with Crippen LogP contribution in [0.25, 0.3) is 16.8 Å². The van der Waals surface area contributed by atoms with E-state index in [1.54, 1.807) is 0 Å². The second-order valence-electron chi connectivity index (χ2n) is 5.71. The molecule has 1 atom stereocenters. The number of hydrogen-bond acceptors (Lipinski definition) is 4. The van der Waals surface area contributed by atoms with E-state index in [4.69, 9.17) is 0 Å². The van der Waals surface area contributed by atoms with Crippen LogP contribution in [0.4, 0.5) is 0 Å². The van der Waals surface area contributed by atoms with Crippen molar-refractivity contribution in [1.82, 2.24) is 19.9 Å². The molecule has 25 heavy (non-hydrogen) atoms. The fourth-order valence-corrected chi connectivity index (χ4v) is 3.63. The third-order valence-electron chi connectivity index (χ3n) is 4.03. The molecule has 5 nitrogen and oxygen atoms in total. The molecular formula is C19H16N4OS. The van der Waals surface area contributed by atoms with Gasteiger partial charge in [-0.2, -0.15) is 0 Å². The summed E-state index contributed by atoms with van der Waals surface area (Å²) < 4.78 is 1.89. The van der Waals surface area contributed by atoms with Crippen molar-refractivity contribution in [1.29, 1.82) is 0 Å². The maximum atomic E-state index is 12.8. The Bertz CT molecular complexity index is 1020. The van der Waals surface area contributed by atoms with Gasteiger partial charge in [0.15, 0.2) is 11.5 Å². The van der Waals surface area contributed by atoms with Crippen molar-refractivity contribution in [3.05, 3.63) is 76.9 Å². The quantitative estimate of drug-likeness (QED) is 0.607. The van der Waals surface area contributed by atoms with E-state index in [1.807, 2.05) is 77.5 Å². The summed E-state index contributed by atoms with van der Waals surface area (Å²) in [5.74, 6) is 0.607. The van der Waals surface area contributed by atoms with Crippen molar-refractivity contribution >= 4 is 22.9 Å². The average molecular weight is 348 g/mol. The van der Waals surface area contributed by atoms with Gasteiger partial charge in [-0.25, -0.2) is 0 Å². The lowest BCUT2D eigenvalue weighted by Crippen LogP contribution is -2.27. The summed E-state index contributed by atoms with van der Waals surface area (Å²) in [6, 6.07) is 17.4. The van der Waals surface area contributed by atoms with Gasteiger partial charge in [-0.1, -0.05) is 36.4 Å². The molecule has 1 N–H and O–H groups in total. The molecule has 0 saturated carbocycles. The molecule has 0 aliphatic heterocycles. The second kappa shape index (κ2) is 6.49. The predicted octanol–water partition coefficient (Wildman–Crippen LogP) is 3.95. The summed E-state index contributed by atoms with van der Waals surface area (Å²) in [6.07, 6.45) is 1.90. The zero-order chi connectivity index (χ0) is 17.2. The minimum atomic E-state index is -0.254. The lowest BCUT2D eigenvalue weighted by molar-refractivity contribution is 0.0943. The van der Waals surface area contributed by atoms with Gasteiger partial charge in [0.05, 0.1) is 10.9 Å². The third-order valence-corrected chi connectivity index (χ3v) is 4.94. The Morgan fingerprint density at radius 3 is 2.72 bits per heavy atom. The first kappa shape index (κ1) is 15.5. The van der Waals surface area contributed by atoms with Crippen LogP contribution in [0.2, 0.25) is 0 Å². The maximum absolute atomic E-state index is 12.8. The van der Waals surface area contributed by atoms with Crippen molar-refractivity contribution < 1.29 is 4.79 Å². The van der Waals surface area contributed by atoms with Gasteiger partial charge in [-0.05, 0) is 36.1 Å². The Balaban J connectivity index is 1.60. The summed E-state index contributed by atoms with van der Waals surface area (Å²) in [7, 11) is 0. The van der Waals surface area contributed by atoms with Crippen LogP contribution in [0.1, 0.15) is 28.5 Å². The van der Waals surface area contributed by atoms with E-state index in [2.05, 4.69) is 15.5 Å². The molecule has 0 bridgehead atoms. The molecule has 0 aliphatic rings. The van der Waals surface area contributed by atoms with Gasteiger partial charge in [0.1, 0.15) is 0 Å². The number of thiophene rings is 1. The highest BCUT2D eigenvalue weighted by Crippen LogP contribution is 2.28. The van der Waals surface area contributed by atoms with Gasteiger partial charge in [0, 0.05) is 11.8 Å². The largest absolute Gasteiger partial charge is 0.342 e.